The van der Waals surface area contributed by atoms with E-state index in [9.17, 15) is 9.59 Å². The van der Waals surface area contributed by atoms with Crippen molar-refractivity contribution in [1.82, 2.24) is 0 Å². The molecule has 1 atom stereocenters. The molecule has 26 heavy (non-hydrogen) atoms. The quantitative estimate of drug-likeness (QED) is 0.707. The molecule has 2 aromatic carbocycles. The zero-order chi connectivity index (χ0) is 19.3. The molecule has 0 aliphatic carbocycles. The zero-order valence-electron chi connectivity index (χ0n) is 15.3. The van der Waals surface area contributed by atoms with Gasteiger partial charge >= 0.3 is 0 Å². The van der Waals surface area contributed by atoms with Gasteiger partial charge in [0, 0.05) is 23.0 Å². The maximum absolute atomic E-state index is 12.4. The van der Waals surface area contributed by atoms with Gasteiger partial charge in [0.1, 0.15) is 6.04 Å². The summed E-state index contributed by atoms with van der Waals surface area (Å²) in [7, 11) is 3.13. The molecule has 0 fully saturated rings. The minimum absolute atomic E-state index is 0.217. The van der Waals surface area contributed by atoms with Crippen LogP contribution in [0.25, 0.3) is 0 Å². The number of aryl methyl sites for hydroxylation is 1. The monoisotopic (exact) mass is 357 g/mol. The first-order valence-electron chi connectivity index (χ1n) is 8.05. The van der Waals surface area contributed by atoms with E-state index in [1.807, 2.05) is 13.0 Å². The molecule has 2 rings (SSSR count). The number of hydrogen-bond acceptors (Lipinski definition) is 5. The number of ether oxygens (including phenoxy) is 2. The van der Waals surface area contributed by atoms with Crippen LogP contribution in [0.15, 0.2) is 36.4 Å². The van der Waals surface area contributed by atoms with Crippen LogP contribution in [-0.2, 0) is 4.79 Å². The number of methoxy groups -OCH3 is 2. The average molecular weight is 357 g/mol. The average Bonchev–Trinajstić information content (AvgIpc) is 2.63. The Bertz CT molecular complexity index is 803. The van der Waals surface area contributed by atoms with Crippen LogP contribution in [0.3, 0.4) is 0 Å². The molecule has 0 saturated heterocycles. The third kappa shape index (κ3) is 4.44. The van der Waals surface area contributed by atoms with Gasteiger partial charge in [-0.3, -0.25) is 9.59 Å². The van der Waals surface area contributed by atoms with Crippen molar-refractivity contribution in [1.29, 1.82) is 0 Å². The van der Waals surface area contributed by atoms with Crippen LogP contribution >= 0.6 is 0 Å². The summed E-state index contributed by atoms with van der Waals surface area (Å²) in [6.07, 6.45) is 0. The minimum atomic E-state index is -0.512. The van der Waals surface area contributed by atoms with Gasteiger partial charge in [-0.15, -0.1) is 0 Å². The number of carbonyl (C=O) groups is 2. The van der Waals surface area contributed by atoms with E-state index in [1.165, 1.54) is 0 Å². The first kappa shape index (κ1) is 19.1. The molecule has 0 heterocycles. The van der Waals surface area contributed by atoms with Gasteiger partial charge < -0.3 is 25.8 Å². The summed E-state index contributed by atoms with van der Waals surface area (Å²) >= 11 is 0. The molecule has 0 aliphatic rings. The van der Waals surface area contributed by atoms with Crippen molar-refractivity contribution in [2.75, 3.05) is 24.9 Å². The van der Waals surface area contributed by atoms with Crippen LogP contribution in [0.2, 0.25) is 0 Å². The van der Waals surface area contributed by atoms with E-state index in [2.05, 4.69) is 10.6 Å². The predicted octanol–water partition coefficient (Wildman–Crippen LogP) is 2.55. The lowest BCUT2D eigenvalue weighted by atomic mass is 10.1. The molecule has 0 saturated carbocycles. The Morgan fingerprint density at radius 1 is 1.04 bits per heavy atom. The second-order valence-corrected chi connectivity index (χ2v) is 5.82. The second kappa shape index (κ2) is 8.24. The molecule has 2 amide bonds. The molecule has 0 spiro atoms. The number of rotatable bonds is 7. The highest BCUT2D eigenvalue weighted by atomic mass is 16.5. The van der Waals surface area contributed by atoms with Crippen LogP contribution in [0, 0.1) is 6.92 Å². The highest BCUT2D eigenvalue weighted by Crippen LogP contribution is 2.33. The SMILES string of the molecule is COc1cc(C)c(N[C@H](C)C(=O)Nc2ccc(C(N)=O)cc2)cc1OC. The highest BCUT2D eigenvalue weighted by molar-refractivity contribution is 5.97. The first-order chi connectivity index (χ1) is 12.3. The smallest absolute Gasteiger partial charge is 0.248 e. The Hall–Kier alpha value is -3.22. The van der Waals surface area contributed by atoms with E-state index in [0.717, 1.165) is 11.3 Å². The van der Waals surface area contributed by atoms with Crippen molar-refractivity contribution in [3.8, 4) is 11.5 Å². The number of anilines is 2. The van der Waals surface area contributed by atoms with Crippen LogP contribution in [0.5, 0.6) is 11.5 Å². The fraction of sp³-hybridized carbons (Fsp3) is 0.263. The molecule has 0 aliphatic heterocycles. The largest absolute Gasteiger partial charge is 0.493 e. The molecular weight excluding hydrogens is 334 g/mol. The standard InChI is InChI=1S/C19H23N3O4/c1-11-9-16(25-3)17(26-4)10-15(11)21-12(2)19(24)22-14-7-5-13(6-8-14)18(20)23/h5-10,12,21H,1-4H3,(H2,20,23)(H,22,24)/t12-/m1/s1. The van der Waals surface area contributed by atoms with Crippen LogP contribution in [-0.4, -0.2) is 32.1 Å². The lowest BCUT2D eigenvalue weighted by molar-refractivity contribution is -0.116. The molecule has 7 nitrogen and oxygen atoms in total. The molecule has 4 N–H and O–H groups in total. The summed E-state index contributed by atoms with van der Waals surface area (Å²) in [5.74, 6) is 0.477. The Kier molecular flexibility index (Phi) is 6.06. The first-order valence-corrected chi connectivity index (χ1v) is 8.05. The van der Waals surface area contributed by atoms with E-state index in [-0.39, 0.29) is 5.91 Å². The summed E-state index contributed by atoms with van der Waals surface area (Å²) in [4.78, 5) is 23.5. The minimum Gasteiger partial charge on any atom is -0.493 e. The number of primary amides is 1. The van der Waals surface area contributed by atoms with Gasteiger partial charge in [0.15, 0.2) is 11.5 Å². The summed E-state index contributed by atoms with van der Waals surface area (Å²) in [5, 5.41) is 5.95. The molecule has 0 radical (unpaired) electrons. The predicted molar refractivity (Wildman–Crippen MR) is 101 cm³/mol. The molecule has 2 aromatic rings. The van der Waals surface area contributed by atoms with Gasteiger partial charge in [-0.25, -0.2) is 0 Å². The van der Waals surface area contributed by atoms with Crippen molar-refractivity contribution in [2.24, 2.45) is 5.73 Å². The maximum atomic E-state index is 12.4. The molecule has 0 unspecified atom stereocenters. The molecular formula is C19H23N3O4. The van der Waals surface area contributed by atoms with Gasteiger partial charge in [0.05, 0.1) is 14.2 Å². The summed E-state index contributed by atoms with van der Waals surface area (Å²) in [6.45, 7) is 3.67. The summed E-state index contributed by atoms with van der Waals surface area (Å²) in [5.41, 5.74) is 7.86. The van der Waals surface area contributed by atoms with Gasteiger partial charge in [-0.05, 0) is 49.7 Å². The molecule has 7 heteroatoms. The van der Waals surface area contributed by atoms with E-state index >= 15 is 0 Å². The van der Waals surface area contributed by atoms with Gasteiger partial charge in [0.2, 0.25) is 11.8 Å². The maximum Gasteiger partial charge on any atom is 0.248 e. The Balaban J connectivity index is 2.08. The zero-order valence-corrected chi connectivity index (χ0v) is 15.3. The van der Waals surface area contributed by atoms with Crippen LogP contribution in [0.1, 0.15) is 22.8 Å². The number of carbonyl (C=O) groups excluding carboxylic acids is 2. The topological polar surface area (TPSA) is 103 Å². The highest BCUT2D eigenvalue weighted by Gasteiger charge is 2.16. The second-order valence-electron chi connectivity index (χ2n) is 5.82. The fourth-order valence-corrected chi connectivity index (χ4v) is 2.40. The van der Waals surface area contributed by atoms with Crippen molar-refractivity contribution < 1.29 is 19.1 Å². The number of nitrogens with one attached hydrogen (secondary N) is 2. The number of benzene rings is 2. The Labute approximate surface area is 152 Å². The Morgan fingerprint density at radius 3 is 2.15 bits per heavy atom. The van der Waals surface area contributed by atoms with Gasteiger partial charge in [-0.1, -0.05) is 0 Å². The summed E-state index contributed by atoms with van der Waals surface area (Å²) < 4.78 is 10.6. The molecule has 0 bridgehead atoms. The van der Waals surface area contributed by atoms with E-state index in [0.29, 0.717) is 22.7 Å². The number of hydrogen-bond donors (Lipinski definition) is 3. The lowest BCUT2D eigenvalue weighted by Gasteiger charge is -2.19. The van der Waals surface area contributed by atoms with Crippen molar-refractivity contribution in [2.45, 2.75) is 19.9 Å². The molecule has 138 valence electrons. The van der Waals surface area contributed by atoms with Crippen molar-refractivity contribution in [3.63, 3.8) is 0 Å². The summed E-state index contributed by atoms with van der Waals surface area (Å²) in [6, 6.07) is 9.53. The van der Waals surface area contributed by atoms with Gasteiger partial charge in [0.25, 0.3) is 0 Å². The Morgan fingerprint density at radius 2 is 1.62 bits per heavy atom. The van der Waals surface area contributed by atoms with Crippen LogP contribution < -0.4 is 25.8 Å². The third-order valence-corrected chi connectivity index (χ3v) is 3.93. The van der Waals surface area contributed by atoms with Crippen molar-refractivity contribution in [3.05, 3.63) is 47.5 Å². The van der Waals surface area contributed by atoms with E-state index in [4.69, 9.17) is 15.2 Å². The van der Waals surface area contributed by atoms with E-state index in [1.54, 1.807) is 51.5 Å². The van der Waals surface area contributed by atoms with E-state index < -0.39 is 11.9 Å². The number of nitrogens with two attached hydrogens (primary N) is 1. The third-order valence-electron chi connectivity index (χ3n) is 3.93. The fourth-order valence-electron chi connectivity index (χ4n) is 2.40. The van der Waals surface area contributed by atoms with Gasteiger partial charge in [-0.2, -0.15) is 0 Å². The normalized spacial score (nSPS) is 11.4. The van der Waals surface area contributed by atoms with Crippen molar-refractivity contribution >= 4 is 23.2 Å². The molecule has 0 aromatic heterocycles. The van der Waals surface area contributed by atoms with Crippen LogP contribution in [0.4, 0.5) is 11.4 Å². The lowest BCUT2D eigenvalue weighted by Crippen LogP contribution is -2.32. The number of amides is 2.